The number of carbonyl (C=O) groups is 1. The van der Waals surface area contributed by atoms with E-state index in [-0.39, 0.29) is 11.7 Å². The summed E-state index contributed by atoms with van der Waals surface area (Å²) in [5.41, 5.74) is -0.624. The Labute approximate surface area is 111 Å². The Balaban J connectivity index is 2.15. The monoisotopic (exact) mass is 262 g/mol. The van der Waals surface area contributed by atoms with Crippen molar-refractivity contribution in [1.29, 1.82) is 5.26 Å². The van der Waals surface area contributed by atoms with Crippen LogP contribution < -0.4 is 10.1 Å². The first kappa shape index (κ1) is 13.3. The molecule has 0 saturated heterocycles. The Morgan fingerprint density at radius 2 is 2.16 bits per heavy atom. The summed E-state index contributed by atoms with van der Waals surface area (Å²) in [4.78, 5) is 12.1. The Morgan fingerprint density at radius 3 is 2.68 bits per heavy atom. The van der Waals surface area contributed by atoms with Crippen molar-refractivity contribution in [2.75, 3.05) is 12.4 Å². The van der Waals surface area contributed by atoms with Gasteiger partial charge < -0.3 is 10.1 Å². The van der Waals surface area contributed by atoms with Crippen LogP contribution in [0.3, 0.4) is 0 Å². The molecule has 5 heteroatoms. The number of hydrogen-bond donors (Lipinski definition) is 1. The Kier molecular flexibility index (Phi) is 3.70. The highest BCUT2D eigenvalue weighted by molar-refractivity contribution is 5.97. The normalized spacial score (nSPS) is 16.7. The van der Waals surface area contributed by atoms with Gasteiger partial charge in [-0.1, -0.05) is 12.8 Å². The summed E-state index contributed by atoms with van der Waals surface area (Å²) in [5.74, 6) is -0.774. The van der Waals surface area contributed by atoms with Crippen LogP contribution in [0.5, 0.6) is 5.75 Å². The quantitative estimate of drug-likeness (QED) is 0.911. The maximum atomic E-state index is 13.5. The molecule has 1 amide bonds. The maximum Gasteiger partial charge on any atom is 0.244 e. The molecule has 0 aromatic heterocycles. The molecule has 4 nitrogen and oxygen atoms in total. The number of methoxy groups -OCH3 is 1. The third-order valence-electron chi connectivity index (χ3n) is 3.52. The largest absolute Gasteiger partial charge is 0.494 e. The van der Waals surface area contributed by atoms with E-state index in [1.165, 1.54) is 19.2 Å². The smallest absolute Gasteiger partial charge is 0.244 e. The summed E-state index contributed by atoms with van der Waals surface area (Å²) in [6.07, 6.45) is 2.87. The molecular formula is C14H15FN2O2. The maximum absolute atomic E-state index is 13.5. The van der Waals surface area contributed by atoms with E-state index in [1.807, 2.05) is 0 Å². The highest BCUT2D eigenvalue weighted by Gasteiger charge is 2.41. The van der Waals surface area contributed by atoms with Crippen LogP contribution >= 0.6 is 0 Å². The van der Waals surface area contributed by atoms with Gasteiger partial charge in [0.2, 0.25) is 5.91 Å². The fraction of sp³-hybridized carbons (Fsp3) is 0.429. The number of rotatable bonds is 3. The van der Waals surface area contributed by atoms with E-state index in [9.17, 15) is 14.4 Å². The van der Waals surface area contributed by atoms with Crippen molar-refractivity contribution in [2.24, 2.45) is 5.41 Å². The number of nitrogens with zero attached hydrogens (tertiary/aromatic N) is 1. The molecule has 1 aromatic rings. The summed E-state index contributed by atoms with van der Waals surface area (Å²) in [6.45, 7) is 0. The van der Waals surface area contributed by atoms with Crippen LogP contribution in [0.15, 0.2) is 18.2 Å². The standard InChI is InChI=1S/C14H15FN2O2/c1-19-12-5-4-10(8-11(12)15)17-13(18)14(9-16)6-2-3-7-14/h4-5,8H,2-3,6-7H2,1H3,(H,17,18). The van der Waals surface area contributed by atoms with Gasteiger partial charge in [0.05, 0.1) is 13.2 Å². The zero-order chi connectivity index (χ0) is 13.9. The highest BCUT2D eigenvalue weighted by Crippen LogP contribution is 2.38. The molecule has 2 rings (SSSR count). The average molecular weight is 262 g/mol. The van der Waals surface area contributed by atoms with Crippen molar-refractivity contribution in [3.63, 3.8) is 0 Å². The zero-order valence-electron chi connectivity index (χ0n) is 10.7. The molecule has 1 aromatic carbocycles. The number of nitrogens with one attached hydrogen (secondary N) is 1. The average Bonchev–Trinajstić information content (AvgIpc) is 2.89. The lowest BCUT2D eigenvalue weighted by Crippen LogP contribution is -2.32. The highest BCUT2D eigenvalue weighted by atomic mass is 19.1. The number of carbonyl (C=O) groups excluding carboxylic acids is 1. The molecule has 0 unspecified atom stereocenters. The van der Waals surface area contributed by atoms with Crippen LogP contribution in [0.25, 0.3) is 0 Å². The lowest BCUT2D eigenvalue weighted by Gasteiger charge is -2.19. The predicted molar refractivity (Wildman–Crippen MR) is 68.1 cm³/mol. The van der Waals surface area contributed by atoms with Gasteiger partial charge in [-0.15, -0.1) is 0 Å². The second-order valence-corrected chi connectivity index (χ2v) is 4.70. The first-order valence-corrected chi connectivity index (χ1v) is 6.17. The fourth-order valence-electron chi connectivity index (χ4n) is 2.36. The number of nitriles is 1. The van der Waals surface area contributed by atoms with E-state index in [1.54, 1.807) is 6.07 Å². The summed E-state index contributed by atoms with van der Waals surface area (Å²) in [5, 5.41) is 11.8. The minimum absolute atomic E-state index is 0.119. The summed E-state index contributed by atoms with van der Waals surface area (Å²) >= 11 is 0. The summed E-state index contributed by atoms with van der Waals surface area (Å²) < 4.78 is 18.3. The van der Waals surface area contributed by atoms with Gasteiger partial charge in [-0.05, 0) is 25.0 Å². The summed E-state index contributed by atoms with van der Waals surface area (Å²) in [6, 6.07) is 6.29. The van der Waals surface area contributed by atoms with E-state index in [0.29, 0.717) is 18.5 Å². The van der Waals surface area contributed by atoms with E-state index < -0.39 is 11.2 Å². The van der Waals surface area contributed by atoms with Gasteiger partial charge in [0.1, 0.15) is 5.41 Å². The van der Waals surface area contributed by atoms with Gasteiger partial charge in [0, 0.05) is 11.8 Å². The van der Waals surface area contributed by atoms with Gasteiger partial charge in [-0.3, -0.25) is 4.79 Å². The van der Waals surface area contributed by atoms with E-state index in [4.69, 9.17) is 4.74 Å². The molecule has 1 aliphatic carbocycles. The number of hydrogen-bond acceptors (Lipinski definition) is 3. The van der Waals surface area contributed by atoms with Crippen LogP contribution in [-0.4, -0.2) is 13.0 Å². The van der Waals surface area contributed by atoms with Crippen molar-refractivity contribution in [2.45, 2.75) is 25.7 Å². The number of anilines is 1. The van der Waals surface area contributed by atoms with E-state index >= 15 is 0 Å². The first-order chi connectivity index (χ1) is 9.11. The third kappa shape index (κ3) is 2.53. The van der Waals surface area contributed by atoms with Gasteiger partial charge in [0.15, 0.2) is 11.6 Å². The first-order valence-electron chi connectivity index (χ1n) is 6.17. The van der Waals surface area contributed by atoms with Gasteiger partial charge in [-0.2, -0.15) is 5.26 Å². The number of amides is 1. The number of ether oxygens (including phenoxy) is 1. The second kappa shape index (κ2) is 5.27. The molecule has 1 fully saturated rings. The summed E-state index contributed by atoms with van der Waals surface area (Å²) in [7, 11) is 1.37. The third-order valence-corrected chi connectivity index (χ3v) is 3.52. The van der Waals surface area contributed by atoms with Crippen LogP contribution in [0.2, 0.25) is 0 Å². The van der Waals surface area contributed by atoms with Crippen molar-refractivity contribution < 1.29 is 13.9 Å². The minimum Gasteiger partial charge on any atom is -0.494 e. The zero-order valence-corrected chi connectivity index (χ0v) is 10.7. The Bertz CT molecular complexity index is 531. The lowest BCUT2D eigenvalue weighted by molar-refractivity contribution is -0.122. The molecular weight excluding hydrogens is 247 g/mol. The minimum atomic E-state index is -0.962. The van der Waals surface area contributed by atoms with E-state index in [2.05, 4.69) is 11.4 Å². The lowest BCUT2D eigenvalue weighted by atomic mass is 9.87. The molecule has 0 atom stereocenters. The Morgan fingerprint density at radius 1 is 1.47 bits per heavy atom. The van der Waals surface area contributed by atoms with Gasteiger partial charge in [0.25, 0.3) is 0 Å². The molecule has 19 heavy (non-hydrogen) atoms. The van der Waals surface area contributed by atoms with Crippen LogP contribution in [-0.2, 0) is 4.79 Å². The van der Waals surface area contributed by atoms with Crippen LogP contribution in [0, 0.1) is 22.6 Å². The molecule has 1 aliphatic rings. The number of halogens is 1. The molecule has 1 saturated carbocycles. The van der Waals surface area contributed by atoms with Crippen molar-refractivity contribution in [3.05, 3.63) is 24.0 Å². The van der Waals surface area contributed by atoms with Gasteiger partial charge >= 0.3 is 0 Å². The molecule has 0 bridgehead atoms. The van der Waals surface area contributed by atoms with E-state index in [0.717, 1.165) is 12.8 Å². The van der Waals surface area contributed by atoms with Crippen molar-refractivity contribution >= 4 is 11.6 Å². The topological polar surface area (TPSA) is 62.1 Å². The van der Waals surface area contributed by atoms with Gasteiger partial charge in [-0.25, -0.2) is 4.39 Å². The number of benzene rings is 1. The molecule has 0 aliphatic heterocycles. The van der Waals surface area contributed by atoms with Crippen LogP contribution in [0.4, 0.5) is 10.1 Å². The van der Waals surface area contributed by atoms with Crippen molar-refractivity contribution in [3.8, 4) is 11.8 Å². The molecule has 100 valence electrons. The van der Waals surface area contributed by atoms with Crippen LogP contribution in [0.1, 0.15) is 25.7 Å². The SMILES string of the molecule is COc1ccc(NC(=O)C2(C#N)CCCC2)cc1F. The molecule has 0 radical (unpaired) electrons. The molecule has 0 heterocycles. The Hall–Kier alpha value is -2.09. The molecule has 1 N–H and O–H groups in total. The molecule has 0 spiro atoms. The van der Waals surface area contributed by atoms with Crippen molar-refractivity contribution in [1.82, 2.24) is 0 Å². The predicted octanol–water partition coefficient (Wildman–Crippen LogP) is 2.86. The second-order valence-electron chi connectivity index (χ2n) is 4.70. The fourth-order valence-corrected chi connectivity index (χ4v) is 2.36.